The number of amides is 1. The van der Waals surface area contributed by atoms with E-state index in [4.69, 9.17) is 0 Å². The van der Waals surface area contributed by atoms with Crippen LogP contribution in [0.5, 0.6) is 0 Å². The molecule has 2 fully saturated rings. The van der Waals surface area contributed by atoms with Gasteiger partial charge >= 0.3 is 0 Å². The molecule has 3 rings (SSSR count). The van der Waals surface area contributed by atoms with Gasteiger partial charge in [-0.1, -0.05) is 39.2 Å². The fraction of sp³-hybridized carbons (Fsp3) is 0.667. The molecular weight excluding hydrogens is 360 g/mol. The number of sulfonamides is 1. The molecular formula is C21H32N2O3S. The maximum atomic E-state index is 13.1. The zero-order valence-corrected chi connectivity index (χ0v) is 17.5. The summed E-state index contributed by atoms with van der Waals surface area (Å²) >= 11 is 0. The van der Waals surface area contributed by atoms with Crippen molar-refractivity contribution in [3.8, 4) is 0 Å². The molecule has 0 radical (unpaired) electrons. The van der Waals surface area contributed by atoms with E-state index in [0.29, 0.717) is 17.4 Å². The molecule has 1 aromatic rings. The van der Waals surface area contributed by atoms with E-state index in [1.807, 2.05) is 4.90 Å². The third-order valence-electron chi connectivity index (χ3n) is 6.00. The topological polar surface area (TPSA) is 57.7 Å². The van der Waals surface area contributed by atoms with E-state index >= 15 is 0 Å². The highest BCUT2D eigenvalue weighted by Gasteiger charge is 2.31. The summed E-state index contributed by atoms with van der Waals surface area (Å²) in [6.45, 7) is 5.80. The first-order chi connectivity index (χ1) is 12.8. The first-order valence-corrected chi connectivity index (χ1v) is 11.6. The van der Waals surface area contributed by atoms with Crippen LogP contribution >= 0.6 is 0 Å². The Morgan fingerprint density at radius 2 is 1.70 bits per heavy atom. The van der Waals surface area contributed by atoms with Gasteiger partial charge in [0.25, 0.3) is 5.91 Å². The summed E-state index contributed by atoms with van der Waals surface area (Å²) in [5, 5.41) is 0. The molecule has 1 heterocycles. The summed E-state index contributed by atoms with van der Waals surface area (Å²) < 4.78 is 27.7. The van der Waals surface area contributed by atoms with Crippen LogP contribution in [-0.2, 0) is 10.0 Å². The van der Waals surface area contributed by atoms with Gasteiger partial charge in [-0.15, -0.1) is 0 Å². The minimum Gasteiger partial charge on any atom is -0.338 e. The number of benzene rings is 1. The second-order valence-corrected chi connectivity index (χ2v) is 10.5. The average Bonchev–Trinajstić information content (AvgIpc) is 2.66. The van der Waals surface area contributed by atoms with Gasteiger partial charge < -0.3 is 4.90 Å². The minimum atomic E-state index is -3.58. The number of likely N-dealkylation sites (tertiary alicyclic amines) is 1. The normalized spacial score (nSPS) is 25.0. The molecule has 2 aliphatic rings. The molecule has 150 valence electrons. The highest BCUT2D eigenvalue weighted by molar-refractivity contribution is 7.89. The Balaban J connectivity index is 1.81. The number of rotatable bonds is 4. The molecule has 0 aromatic heterocycles. The quantitative estimate of drug-likeness (QED) is 0.784. The van der Waals surface area contributed by atoms with E-state index < -0.39 is 10.0 Å². The summed E-state index contributed by atoms with van der Waals surface area (Å²) in [7, 11) is -1.91. The Hall–Kier alpha value is -1.40. The third-order valence-corrected chi connectivity index (χ3v) is 7.91. The van der Waals surface area contributed by atoms with E-state index in [2.05, 4.69) is 13.8 Å². The minimum absolute atomic E-state index is 0.0619. The monoisotopic (exact) mass is 392 g/mol. The lowest BCUT2D eigenvalue weighted by atomic mass is 9.91. The van der Waals surface area contributed by atoms with Gasteiger partial charge in [-0.05, 0) is 49.3 Å². The maximum absolute atomic E-state index is 13.1. The SMILES string of the molecule is CC1CC(C)CN(C(=O)c2cccc(S(=O)(=O)N(C)C3CCCCC3)c2)C1. The smallest absolute Gasteiger partial charge is 0.253 e. The summed E-state index contributed by atoms with van der Waals surface area (Å²) in [4.78, 5) is 15.1. The zero-order chi connectivity index (χ0) is 19.6. The molecule has 2 atom stereocenters. The van der Waals surface area contributed by atoms with Crippen LogP contribution in [0.15, 0.2) is 29.2 Å². The molecule has 27 heavy (non-hydrogen) atoms. The molecule has 6 heteroatoms. The fourth-order valence-corrected chi connectivity index (χ4v) is 6.07. The lowest BCUT2D eigenvalue weighted by molar-refractivity contribution is 0.0623. The number of hydrogen-bond donors (Lipinski definition) is 0. The molecule has 1 amide bonds. The highest BCUT2D eigenvalue weighted by atomic mass is 32.2. The lowest BCUT2D eigenvalue weighted by Crippen LogP contribution is -2.42. The first-order valence-electron chi connectivity index (χ1n) is 10.2. The van der Waals surface area contributed by atoms with Gasteiger partial charge in [0.15, 0.2) is 0 Å². The van der Waals surface area contributed by atoms with Gasteiger partial charge in [0.2, 0.25) is 10.0 Å². The molecule has 1 aliphatic carbocycles. The van der Waals surface area contributed by atoms with Crippen molar-refractivity contribution in [3.05, 3.63) is 29.8 Å². The van der Waals surface area contributed by atoms with E-state index in [9.17, 15) is 13.2 Å². The highest BCUT2D eigenvalue weighted by Crippen LogP contribution is 2.27. The molecule has 0 bridgehead atoms. The van der Waals surface area contributed by atoms with Crippen LogP contribution in [0.3, 0.4) is 0 Å². The lowest BCUT2D eigenvalue weighted by Gasteiger charge is -2.35. The second-order valence-electron chi connectivity index (χ2n) is 8.50. The van der Waals surface area contributed by atoms with Crippen molar-refractivity contribution in [2.75, 3.05) is 20.1 Å². The number of piperidine rings is 1. The predicted octanol–water partition coefficient (Wildman–Crippen LogP) is 3.76. The maximum Gasteiger partial charge on any atom is 0.253 e. The summed E-state index contributed by atoms with van der Waals surface area (Å²) in [6.07, 6.45) is 6.30. The van der Waals surface area contributed by atoms with Crippen molar-refractivity contribution in [2.24, 2.45) is 11.8 Å². The van der Waals surface area contributed by atoms with Gasteiger partial charge in [0.05, 0.1) is 4.90 Å². The Morgan fingerprint density at radius 1 is 1.07 bits per heavy atom. The number of hydrogen-bond acceptors (Lipinski definition) is 3. The molecule has 0 N–H and O–H groups in total. The molecule has 0 spiro atoms. The predicted molar refractivity (Wildman–Crippen MR) is 107 cm³/mol. The van der Waals surface area contributed by atoms with Crippen molar-refractivity contribution in [2.45, 2.75) is 63.3 Å². The standard InChI is InChI=1S/C21H32N2O3S/c1-16-12-17(2)15-23(14-16)21(24)18-8-7-11-20(13-18)27(25,26)22(3)19-9-5-4-6-10-19/h7-8,11,13,16-17,19H,4-6,9-10,12,14-15H2,1-3H3. The first kappa shape index (κ1) is 20.3. The van der Waals surface area contributed by atoms with Crippen LogP contribution in [0.1, 0.15) is 62.7 Å². The summed E-state index contributed by atoms with van der Waals surface area (Å²) in [5.41, 5.74) is 0.467. The third kappa shape index (κ3) is 4.54. The molecule has 1 aliphatic heterocycles. The van der Waals surface area contributed by atoms with Crippen LogP contribution in [0.2, 0.25) is 0 Å². The number of carbonyl (C=O) groups excluding carboxylic acids is 1. The molecule has 1 saturated carbocycles. The van der Waals surface area contributed by atoms with Gasteiger partial charge in [0, 0.05) is 31.7 Å². The fourth-order valence-electron chi connectivity index (χ4n) is 4.61. The van der Waals surface area contributed by atoms with Crippen molar-refractivity contribution in [3.63, 3.8) is 0 Å². The van der Waals surface area contributed by atoms with Crippen molar-refractivity contribution >= 4 is 15.9 Å². The van der Waals surface area contributed by atoms with Gasteiger partial charge in [-0.25, -0.2) is 8.42 Å². The van der Waals surface area contributed by atoms with E-state index in [0.717, 1.165) is 45.2 Å². The second kappa shape index (κ2) is 8.31. The van der Waals surface area contributed by atoms with E-state index in [1.165, 1.54) is 10.7 Å². The Morgan fingerprint density at radius 3 is 2.33 bits per heavy atom. The molecule has 5 nitrogen and oxygen atoms in total. The van der Waals surface area contributed by atoms with E-state index in [1.54, 1.807) is 31.3 Å². The van der Waals surface area contributed by atoms with Gasteiger partial charge in [0.1, 0.15) is 0 Å². The Labute approximate surface area is 163 Å². The average molecular weight is 393 g/mol. The van der Waals surface area contributed by atoms with Crippen LogP contribution in [0.25, 0.3) is 0 Å². The van der Waals surface area contributed by atoms with Crippen molar-refractivity contribution in [1.82, 2.24) is 9.21 Å². The van der Waals surface area contributed by atoms with Crippen LogP contribution < -0.4 is 0 Å². The van der Waals surface area contributed by atoms with Crippen molar-refractivity contribution < 1.29 is 13.2 Å². The molecule has 1 aromatic carbocycles. The van der Waals surface area contributed by atoms with Crippen LogP contribution in [-0.4, -0.2) is 49.7 Å². The van der Waals surface area contributed by atoms with Crippen LogP contribution in [0.4, 0.5) is 0 Å². The van der Waals surface area contributed by atoms with Crippen molar-refractivity contribution in [1.29, 1.82) is 0 Å². The zero-order valence-electron chi connectivity index (χ0n) is 16.7. The largest absolute Gasteiger partial charge is 0.338 e. The number of nitrogens with zero attached hydrogens (tertiary/aromatic N) is 2. The Kier molecular flexibility index (Phi) is 6.26. The van der Waals surface area contributed by atoms with Crippen LogP contribution in [0, 0.1) is 11.8 Å². The van der Waals surface area contributed by atoms with Gasteiger partial charge in [-0.3, -0.25) is 4.79 Å². The Bertz CT molecular complexity index is 761. The molecule has 1 saturated heterocycles. The summed E-state index contributed by atoms with van der Waals surface area (Å²) in [5.74, 6) is 0.884. The van der Waals surface area contributed by atoms with Gasteiger partial charge in [-0.2, -0.15) is 4.31 Å². The number of carbonyl (C=O) groups is 1. The molecule has 2 unspecified atom stereocenters. The summed E-state index contributed by atoms with van der Waals surface area (Å²) in [6, 6.07) is 6.64. The van der Waals surface area contributed by atoms with E-state index in [-0.39, 0.29) is 16.8 Å².